The van der Waals surface area contributed by atoms with Crippen molar-refractivity contribution in [1.29, 1.82) is 0 Å². The first kappa shape index (κ1) is 8.64. The Hall–Kier alpha value is -1.45. The Labute approximate surface area is 70.1 Å². The SMILES string of the molecule is C=C(N=CC(C)F)c1cnc[nH]1. The fraction of sp³-hybridized carbons (Fsp3) is 0.250. The Bertz CT molecular complexity index is 275. The van der Waals surface area contributed by atoms with Crippen LogP contribution in [0.25, 0.3) is 5.70 Å². The van der Waals surface area contributed by atoms with E-state index in [4.69, 9.17) is 0 Å². The van der Waals surface area contributed by atoms with Gasteiger partial charge in [0.05, 0.1) is 23.9 Å². The summed E-state index contributed by atoms with van der Waals surface area (Å²) in [6.45, 7) is 5.04. The van der Waals surface area contributed by atoms with Crippen LogP contribution in [0.4, 0.5) is 4.39 Å². The van der Waals surface area contributed by atoms with E-state index in [2.05, 4.69) is 21.5 Å². The topological polar surface area (TPSA) is 41.0 Å². The molecular weight excluding hydrogens is 157 g/mol. The second-order valence-electron chi connectivity index (χ2n) is 2.37. The molecule has 1 aromatic rings. The van der Waals surface area contributed by atoms with Crippen molar-refractivity contribution < 1.29 is 4.39 Å². The van der Waals surface area contributed by atoms with Gasteiger partial charge in [-0.3, -0.25) is 4.99 Å². The first-order valence-corrected chi connectivity index (χ1v) is 3.56. The molecule has 1 atom stereocenters. The quantitative estimate of drug-likeness (QED) is 0.685. The molecule has 0 saturated carbocycles. The van der Waals surface area contributed by atoms with E-state index in [1.165, 1.54) is 19.5 Å². The lowest BCUT2D eigenvalue weighted by Crippen LogP contribution is -1.92. The number of aromatic nitrogens is 2. The molecule has 0 radical (unpaired) electrons. The number of aromatic amines is 1. The number of alkyl halides is 1. The maximum Gasteiger partial charge on any atom is 0.132 e. The zero-order valence-corrected chi connectivity index (χ0v) is 6.79. The van der Waals surface area contributed by atoms with E-state index >= 15 is 0 Å². The maximum absolute atomic E-state index is 12.3. The van der Waals surface area contributed by atoms with Crippen LogP contribution in [0.2, 0.25) is 0 Å². The summed E-state index contributed by atoms with van der Waals surface area (Å²) in [6, 6.07) is 0. The number of aliphatic imine (C=N–C) groups is 1. The van der Waals surface area contributed by atoms with Crippen molar-refractivity contribution in [2.24, 2.45) is 4.99 Å². The normalized spacial score (nSPS) is 13.5. The Morgan fingerprint density at radius 2 is 2.67 bits per heavy atom. The molecule has 0 aromatic carbocycles. The predicted octanol–water partition coefficient (Wildman–Crippen LogP) is 1.81. The highest BCUT2D eigenvalue weighted by Gasteiger charge is 1.97. The molecule has 0 aliphatic rings. The van der Waals surface area contributed by atoms with Gasteiger partial charge in [-0.2, -0.15) is 0 Å². The first-order valence-electron chi connectivity index (χ1n) is 3.56. The number of H-pyrrole nitrogens is 1. The van der Waals surface area contributed by atoms with E-state index in [1.807, 2.05) is 0 Å². The highest BCUT2D eigenvalue weighted by molar-refractivity contribution is 5.73. The molecule has 0 spiro atoms. The second kappa shape index (κ2) is 3.80. The molecule has 0 aliphatic carbocycles. The third kappa shape index (κ3) is 2.30. The van der Waals surface area contributed by atoms with E-state index in [-0.39, 0.29) is 0 Å². The minimum Gasteiger partial charge on any atom is -0.343 e. The van der Waals surface area contributed by atoms with Crippen LogP contribution in [-0.2, 0) is 0 Å². The average molecular weight is 167 g/mol. The van der Waals surface area contributed by atoms with Gasteiger partial charge in [-0.1, -0.05) is 6.58 Å². The lowest BCUT2D eigenvalue weighted by molar-refractivity contribution is 0.461. The van der Waals surface area contributed by atoms with Crippen molar-refractivity contribution in [2.45, 2.75) is 13.1 Å². The van der Waals surface area contributed by atoms with E-state index in [0.717, 1.165) is 0 Å². The van der Waals surface area contributed by atoms with Gasteiger partial charge in [0.2, 0.25) is 0 Å². The Balaban J connectivity index is 2.62. The molecule has 0 amide bonds. The summed E-state index contributed by atoms with van der Waals surface area (Å²) in [7, 11) is 0. The van der Waals surface area contributed by atoms with Crippen molar-refractivity contribution >= 4 is 11.9 Å². The Morgan fingerprint density at radius 3 is 3.17 bits per heavy atom. The Kier molecular flexibility index (Phi) is 2.74. The number of imidazole rings is 1. The lowest BCUT2D eigenvalue weighted by Gasteiger charge is -1.94. The molecule has 12 heavy (non-hydrogen) atoms. The van der Waals surface area contributed by atoms with Crippen LogP contribution >= 0.6 is 0 Å². The van der Waals surface area contributed by atoms with Crippen LogP contribution < -0.4 is 0 Å². The molecule has 0 saturated heterocycles. The van der Waals surface area contributed by atoms with Gasteiger partial charge in [-0.15, -0.1) is 0 Å². The summed E-state index contributed by atoms with van der Waals surface area (Å²) >= 11 is 0. The molecule has 1 N–H and O–H groups in total. The van der Waals surface area contributed by atoms with Crippen molar-refractivity contribution in [3.63, 3.8) is 0 Å². The highest BCUT2D eigenvalue weighted by atomic mass is 19.1. The van der Waals surface area contributed by atoms with Gasteiger partial charge in [0, 0.05) is 6.21 Å². The highest BCUT2D eigenvalue weighted by Crippen LogP contribution is 2.08. The summed E-state index contributed by atoms with van der Waals surface area (Å²) < 4.78 is 12.3. The van der Waals surface area contributed by atoms with Crippen molar-refractivity contribution in [2.75, 3.05) is 0 Å². The fourth-order valence-electron chi connectivity index (χ4n) is 0.676. The van der Waals surface area contributed by atoms with E-state index in [0.29, 0.717) is 11.4 Å². The molecule has 1 unspecified atom stereocenters. The fourth-order valence-corrected chi connectivity index (χ4v) is 0.676. The molecule has 0 fully saturated rings. The minimum absolute atomic E-state index is 0.483. The molecule has 0 aliphatic heterocycles. The largest absolute Gasteiger partial charge is 0.343 e. The summed E-state index contributed by atoms with van der Waals surface area (Å²) in [5.41, 5.74) is 1.18. The number of nitrogens with zero attached hydrogens (tertiary/aromatic N) is 2. The van der Waals surface area contributed by atoms with Gasteiger partial charge in [0.25, 0.3) is 0 Å². The van der Waals surface area contributed by atoms with Crippen LogP contribution in [0.5, 0.6) is 0 Å². The molecule has 4 heteroatoms. The van der Waals surface area contributed by atoms with Gasteiger partial charge >= 0.3 is 0 Å². The third-order valence-electron chi connectivity index (χ3n) is 1.24. The van der Waals surface area contributed by atoms with Gasteiger partial charge in [-0.05, 0) is 6.92 Å². The smallest absolute Gasteiger partial charge is 0.132 e. The van der Waals surface area contributed by atoms with Gasteiger partial charge in [-0.25, -0.2) is 9.37 Å². The zero-order chi connectivity index (χ0) is 8.97. The van der Waals surface area contributed by atoms with Crippen molar-refractivity contribution in [3.8, 4) is 0 Å². The number of nitrogens with one attached hydrogen (secondary N) is 1. The van der Waals surface area contributed by atoms with Gasteiger partial charge in [0.1, 0.15) is 6.17 Å². The minimum atomic E-state index is -1.05. The molecule has 1 heterocycles. The first-order chi connectivity index (χ1) is 5.70. The average Bonchev–Trinajstić information content (AvgIpc) is 2.51. The zero-order valence-electron chi connectivity index (χ0n) is 6.79. The molecule has 1 aromatic heterocycles. The van der Waals surface area contributed by atoms with Crippen LogP contribution in [0, 0.1) is 0 Å². The Morgan fingerprint density at radius 1 is 1.92 bits per heavy atom. The molecule has 1 rings (SSSR count). The standard InChI is InChI=1S/C8H10FN3/c1-6(9)3-11-7(2)8-4-10-5-12-8/h3-6H,2H2,1H3,(H,10,12). The van der Waals surface area contributed by atoms with E-state index in [1.54, 1.807) is 6.20 Å². The van der Waals surface area contributed by atoms with E-state index < -0.39 is 6.17 Å². The molecule has 64 valence electrons. The van der Waals surface area contributed by atoms with Crippen LogP contribution in [-0.4, -0.2) is 22.4 Å². The predicted molar refractivity (Wildman–Crippen MR) is 46.7 cm³/mol. The van der Waals surface area contributed by atoms with Crippen molar-refractivity contribution in [3.05, 3.63) is 24.8 Å². The summed E-state index contributed by atoms with van der Waals surface area (Å²) in [6.07, 6.45) is 3.25. The monoisotopic (exact) mass is 167 g/mol. The van der Waals surface area contributed by atoms with Crippen molar-refractivity contribution in [1.82, 2.24) is 9.97 Å². The van der Waals surface area contributed by atoms with Crippen LogP contribution in [0.15, 0.2) is 24.1 Å². The molecule has 0 bridgehead atoms. The lowest BCUT2D eigenvalue weighted by atomic mass is 10.4. The summed E-state index contributed by atoms with van der Waals surface area (Å²) in [4.78, 5) is 10.4. The molecular formula is C8H10FN3. The van der Waals surface area contributed by atoms with Crippen LogP contribution in [0.3, 0.4) is 0 Å². The second-order valence-corrected chi connectivity index (χ2v) is 2.37. The maximum atomic E-state index is 12.3. The summed E-state index contributed by atoms with van der Waals surface area (Å²) in [5.74, 6) is 0. The molecule has 3 nitrogen and oxygen atoms in total. The van der Waals surface area contributed by atoms with E-state index in [9.17, 15) is 4.39 Å². The number of hydrogen-bond acceptors (Lipinski definition) is 2. The number of halogens is 1. The third-order valence-corrected chi connectivity index (χ3v) is 1.24. The number of rotatable bonds is 3. The van der Waals surface area contributed by atoms with Crippen LogP contribution in [0.1, 0.15) is 12.6 Å². The van der Waals surface area contributed by atoms with Gasteiger partial charge < -0.3 is 4.98 Å². The summed E-state index contributed by atoms with van der Waals surface area (Å²) in [5, 5.41) is 0. The number of hydrogen-bond donors (Lipinski definition) is 1. The van der Waals surface area contributed by atoms with Gasteiger partial charge in [0.15, 0.2) is 0 Å².